The van der Waals surface area contributed by atoms with Gasteiger partial charge in [-0.05, 0) is 90.3 Å². The maximum absolute atomic E-state index is 3.82. The number of nitrogens with zero attached hydrogens (tertiary/aromatic N) is 2. The van der Waals surface area contributed by atoms with Crippen molar-refractivity contribution in [1.29, 1.82) is 0 Å². The van der Waals surface area contributed by atoms with Gasteiger partial charge in [-0.3, -0.25) is 9.13 Å². The molecule has 0 saturated heterocycles. The Balaban J connectivity index is 1.28. The zero-order chi connectivity index (χ0) is 26.7. The second kappa shape index (κ2) is 7.71. The van der Waals surface area contributed by atoms with E-state index in [1.807, 2.05) is 0 Å². The highest BCUT2D eigenvalue weighted by atomic mass is 15.1. The van der Waals surface area contributed by atoms with Crippen LogP contribution in [-0.4, -0.2) is 4.57 Å². The van der Waals surface area contributed by atoms with Crippen LogP contribution in [0.3, 0.4) is 0 Å². The first kappa shape index (κ1) is 21.6. The van der Waals surface area contributed by atoms with E-state index in [4.69, 9.17) is 0 Å². The van der Waals surface area contributed by atoms with E-state index in [2.05, 4.69) is 137 Å². The van der Waals surface area contributed by atoms with E-state index in [-0.39, 0.29) is 0 Å². The molecule has 0 aliphatic heterocycles. The summed E-state index contributed by atoms with van der Waals surface area (Å²) in [5.74, 6) is 0. The normalized spacial score (nSPS) is 14.2. The molecule has 2 aliphatic carbocycles. The lowest BCUT2D eigenvalue weighted by Crippen LogP contribution is -2.29. The number of fused-ring (bicyclic) bond motifs is 1. The van der Waals surface area contributed by atoms with Crippen molar-refractivity contribution >= 4 is 65.8 Å². The minimum absolute atomic E-state index is 0.995. The molecule has 0 fully saturated rings. The van der Waals surface area contributed by atoms with Gasteiger partial charge in [0.05, 0.1) is 22.4 Å². The standard InChI is InChI=1S/C39H24N2/c1-2-10-35-34(9-1)40(32-21-17-28-13-11-24-5-3-7-26-15-19-30(32)38(28)36(24)26)23-41(35)33-22-18-29-14-12-25-6-4-8-27-16-20-31(33)39(29)37(25)27/h1-5,7-13,15-22H,6,14H2. The highest BCUT2D eigenvalue weighted by molar-refractivity contribution is 6.24. The van der Waals surface area contributed by atoms with Crippen LogP contribution in [0.4, 0.5) is 0 Å². The van der Waals surface area contributed by atoms with Crippen LogP contribution in [0.25, 0.3) is 77.1 Å². The summed E-state index contributed by atoms with van der Waals surface area (Å²) in [6.45, 7) is 0. The van der Waals surface area contributed by atoms with Crippen molar-refractivity contribution in [1.82, 2.24) is 4.57 Å². The second-order valence-corrected chi connectivity index (χ2v) is 11.4. The summed E-state index contributed by atoms with van der Waals surface area (Å²) in [6, 6.07) is 38.1. The van der Waals surface area contributed by atoms with Crippen LogP contribution in [0.1, 0.15) is 23.1 Å². The van der Waals surface area contributed by atoms with E-state index in [1.54, 1.807) is 0 Å². The summed E-state index contributed by atoms with van der Waals surface area (Å²) >= 11 is 0. The van der Waals surface area contributed by atoms with Gasteiger partial charge in [-0.15, -0.1) is 0 Å². The monoisotopic (exact) mass is 520 g/mol. The predicted octanol–water partition coefficient (Wildman–Crippen LogP) is 9.11. The molecule has 2 nitrogen and oxygen atoms in total. The molecule has 0 radical (unpaired) electrons. The number of rotatable bonds is 2. The maximum Gasteiger partial charge on any atom is 0.269 e. The quantitative estimate of drug-likeness (QED) is 0.122. The summed E-state index contributed by atoms with van der Waals surface area (Å²) in [5, 5.41) is 10.5. The fraction of sp³-hybridized carbons (Fsp3) is 0.0513. The first-order chi connectivity index (χ1) is 20.3. The molecule has 10 rings (SSSR count). The lowest BCUT2D eigenvalue weighted by molar-refractivity contribution is -0.570. The number of hydrogen-bond acceptors (Lipinski definition) is 0. The van der Waals surface area contributed by atoms with E-state index < -0.39 is 0 Å². The number of hydrogen-bond donors (Lipinski definition) is 0. The molecule has 0 atom stereocenters. The molecule has 1 aromatic heterocycles. The SMILES string of the molecule is [c-]1n(-c2ccc3c4c5c(ccc24)C=CCC5=CC3)c2ccccc2[n+]1-c1ccc2ccc3cccc4ccc1c2c34. The molecule has 0 bridgehead atoms. The van der Waals surface area contributed by atoms with Gasteiger partial charge in [0, 0.05) is 0 Å². The Bertz CT molecular complexity index is 2450. The average molecular weight is 521 g/mol. The van der Waals surface area contributed by atoms with E-state index in [0.717, 1.165) is 29.6 Å². The highest BCUT2D eigenvalue weighted by Crippen LogP contribution is 2.42. The van der Waals surface area contributed by atoms with E-state index in [0.29, 0.717) is 0 Å². The molecule has 1 heterocycles. The van der Waals surface area contributed by atoms with Crippen molar-refractivity contribution in [2.75, 3.05) is 0 Å². The van der Waals surface area contributed by atoms with Gasteiger partial charge >= 0.3 is 0 Å². The van der Waals surface area contributed by atoms with Crippen LogP contribution in [0.5, 0.6) is 0 Å². The molecule has 7 aromatic carbocycles. The molecule has 0 unspecified atom stereocenters. The van der Waals surface area contributed by atoms with Gasteiger partial charge in [0.1, 0.15) is 0 Å². The zero-order valence-corrected chi connectivity index (χ0v) is 22.4. The lowest BCUT2D eigenvalue weighted by atomic mass is 9.81. The van der Waals surface area contributed by atoms with Crippen LogP contribution >= 0.6 is 0 Å². The fourth-order valence-electron chi connectivity index (χ4n) is 7.53. The van der Waals surface area contributed by atoms with Crippen LogP contribution < -0.4 is 4.57 Å². The Labute approximate surface area is 237 Å². The Morgan fingerprint density at radius 2 is 1.44 bits per heavy atom. The number of aromatic nitrogens is 2. The van der Waals surface area contributed by atoms with Crippen molar-refractivity contribution in [2.45, 2.75) is 12.8 Å². The van der Waals surface area contributed by atoms with E-state index in [1.165, 1.54) is 71.0 Å². The number of imidazole rings is 1. The Hall–Kier alpha value is -5.21. The first-order valence-corrected chi connectivity index (χ1v) is 14.4. The number of para-hydroxylation sites is 2. The van der Waals surface area contributed by atoms with Crippen molar-refractivity contribution in [2.24, 2.45) is 0 Å². The first-order valence-electron chi connectivity index (χ1n) is 14.4. The van der Waals surface area contributed by atoms with Gasteiger partial charge in [0.2, 0.25) is 0 Å². The summed E-state index contributed by atoms with van der Waals surface area (Å²) < 4.78 is 4.54. The van der Waals surface area contributed by atoms with Crippen LogP contribution in [0.2, 0.25) is 0 Å². The largest absolute Gasteiger partial charge is 0.291 e. The predicted molar refractivity (Wildman–Crippen MR) is 170 cm³/mol. The van der Waals surface area contributed by atoms with Gasteiger partial charge in [-0.25, -0.2) is 0 Å². The molecule has 41 heavy (non-hydrogen) atoms. The van der Waals surface area contributed by atoms with E-state index in [9.17, 15) is 0 Å². The molecule has 2 aliphatic rings. The second-order valence-electron chi connectivity index (χ2n) is 11.4. The molecular weight excluding hydrogens is 496 g/mol. The van der Waals surface area contributed by atoms with Crippen molar-refractivity contribution < 1.29 is 4.57 Å². The van der Waals surface area contributed by atoms with E-state index >= 15 is 0 Å². The summed E-state index contributed by atoms with van der Waals surface area (Å²) in [7, 11) is 0. The molecule has 190 valence electrons. The van der Waals surface area contributed by atoms with Gasteiger partial charge in [-0.1, -0.05) is 109 Å². The van der Waals surface area contributed by atoms with Crippen molar-refractivity contribution in [3.05, 3.63) is 138 Å². The molecule has 8 aromatic rings. The molecule has 0 amide bonds. The molecule has 0 N–H and O–H groups in total. The fourth-order valence-corrected chi connectivity index (χ4v) is 7.53. The van der Waals surface area contributed by atoms with Gasteiger partial charge in [-0.2, -0.15) is 0 Å². The van der Waals surface area contributed by atoms with Gasteiger partial charge in [0.15, 0.2) is 0 Å². The molecule has 0 saturated carbocycles. The Morgan fingerprint density at radius 3 is 2.37 bits per heavy atom. The van der Waals surface area contributed by atoms with Crippen molar-refractivity contribution in [3.8, 4) is 11.4 Å². The van der Waals surface area contributed by atoms with Gasteiger partial charge in [0.25, 0.3) is 6.33 Å². The van der Waals surface area contributed by atoms with Crippen LogP contribution in [0, 0.1) is 6.33 Å². The third-order valence-electron chi connectivity index (χ3n) is 9.35. The summed E-state index contributed by atoms with van der Waals surface area (Å²) in [5.41, 5.74) is 10.3. The minimum Gasteiger partial charge on any atom is -0.291 e. The third-order valence-corrected chi connectivity index (χ3v) is 9.35. The smallest absolute Gasteiger partial charge is 0.269 e. The molecular formula is C39H24N2. The van der Waals surface area contributed by atoms with Crippen LogP contribution in [0.15, 0.2) is 115 Å². The lowest BCUT2D eigenvalue weighted by Gasteiger charge is -2.24. The Morgan fingerprint density at radius 1 is 0.634 bits per heavy atom. The Kier molecular flexibility index (Phi) is 4.06. The number of benzene rings is 7. The molecule has 0 spiro atoms. The van der Waals surface area contributed by atoms with Gasteiger partial charge < -0.3 is 0 Å². The highest BCUT2D eigenvalue weighted by Gasteiger charge is 2.23. The topological polar surface area (TPSA) is 8.81 Å². The number of allylic oxidation sites excluding steroid dienone is 3. The summed E-state index contributed by atoms with van der Waals surface area (Å²) in [4.78, 5) is 0. The summed E-state index contributed by atoms with van der Waals surface area (Å²) in [6.07, 6.45) is 12.8. The minimum atomic E-state index is 0.995. The maximum atomic E-state index is 3.82. The average Bonchev–Trinajstić information content (AvgIpc) is 3.41. The van der Waals surface area contributed by atoms with Crippen LogP contribution in [-0.2, 0) is 6.42 Å². The zero-order valence-electron chi connectivity index (χ0n) is 22.4. The molecule has 2 heteroatoms. The third kappa shape index (κ3) is 2.79. The van der Waals surface area contributed by atoms with Crippen molar-refractivity contribution in [3.63, 3.8) is 0 Å².